The third-order valence-electron chi connectivity index (χ3n) is 5.93. The van der Waals surface area contributed by atoms with Gasteiger partial charge in [-0.25, -0.2) is 4.98 Å². The quantitative estimate of drug-likeness (QED) is 0.379. The molecule has 0 spiro atoms. The molecule has 1 aliphatic carbocycles. The summed E-state index contributed by atoms with van der Waals surface area (Å²) in [7, 11) is 4.55. The average molecular weight is 446 g/mol. The molecule has 0 radical (unpaired) electrons. The lowest BCUT2D eigenvalue weighted by atomic mass is 10.0. The Kier molecular flexibility index (Phi) is 5.08. The smallest absolute Gasteiger partial charge is 0.259 e. The summed E-state index contributed by atoms with van der Waals surface area (Å²) in [6.45, 7) is 1.09. The van der Waals surface area contributed by atoms with E-state index in [0.29, 0.717) is 70.0 Å². The van der Waals surface area contributed by atoms with Crippen LogP contribution in [0, 0.1) is 0 Å². The molecule has 0 N–H and O–H groups in total. The van der Waals surface area contributed by atoms with Crippen LogP contribution in [-0.4, -0.2) is 46.2 Å². The predicted molar refractivity (Wildman–Crippen MR) is 121 cm³/mol. The van der Waals surface area contributed by atoms with Crippen molar-refractivity contribution < 1.29 is 19.0 Å². The Balaban J connectivity index is 1.75. The first-order chi connectivity index (χ1) is 16.1. The van der Waals surface area contributed by atoms with Crippen LogP contribution in [0.25, 0.3) is 22.2 Å². The number of carbonyl (C=O) groups is 1. The number of aryl methyl sites for hydroxylation is 1. The normalized spacial score (nSPS) is 12.0. The topological polar surface area (TPSA) is 97.5 Å². The maximum Gasteiger partial charge on any atom is 0.259 e. The van der Waals surface area contributed by atoms with Crippen molar-refractivity contribution in [3.63, 3.8) is 0 Å². The first-order valence-corrected chi connectivity index (χ1v) is 10.4. The molecule has 1 aromatic carbocycles. The zero-order valence-electron chi connectivity index (χ0n) is 18.5. The predicted octanol–water partition coefficient (Wildman–Crippen LogP) is 2.92. The molecule has 0 saturated carbocycles. The number of pyridine rings is 2. The zero-order chi connectivity index (χ0) is 23.1. The highest BCUT2D eigenvalue weighted by Crippen LogP contribution is 2.42. The van der Waals surface area contributed by atoms with E-state index >= 15 is 0 Å². The third kappa shape index (κ3) is 3.24. The van der Waals surface area contributed by atoms with Crippen molar-refractivity contribution in [2.75, 3.05) is 21.3 Å². The lowest BCUT2D eigenvalue weighted by Crippen LogP contribution is -2.24. The van der Waals surface area contributed by atoms with Crippen molar-refractivity contribution in [1.82, 2.24) is 19.1 Å². The van der Waals surface area contributed by atoms with Crippen molar-refractivity contribution in [2.45, 2.75) is 19.5 Å². The Bertz CT molecular complexity index is 1440. The molecule has 9 nitrogen and oxygen atoms in total. The molecule has 9 heteroatoms. The van der Waals surface area contributed by atoms with Gasteiger partial charge < -0.3 is 23.3 Å². The monoisotopic (exact) mass is 446 g/mol. The van der Waals surface area contributed by atoms with Gasteiger partial charge in [-0.15, -0.1) is 0 Å². The minimum Gasteiger partial charge on any atom is -0.495 e. The van der Waals surface area contributed by atoms with Gasteiger partial charge >= 0.3 is 0 Å². The summed E-state index contributed by atoms with van der Waals surface area (Å²) in [6, 6.07) is 4.98. The summed E-state index contributed by atoms with van der Waals surface area (Å²) < 4.78 is 19.7. The molecule has 0 saturated heterocycles. The van der Waals surface area contributed by atoms with E-state index in [1.807, 2.05) is 10.8 Å². The van der Waals surface area contributed by atoms with E-state index in [4.69, 9.17) is 14.2 Å². The van der Waals surface area contributed by atoms with Crippen molar-refractivity contribution in [3.8, 4) is 28.6 Å². The van der Waals surface area contributed by atoms with E-state index in [2.05, 4.69) is 9.97 Å². The van der Waals surface area contributed by atoms with Crippen LogP contribution in [0.15, 0.2) is 47.9 Å². The largest absolute Gasteiger partial charge is 0.495 e. The summed E-state index contributed by atoms with van der Waals surface area (Å²) >= 11 is 0. The van der Waals surface area contributed by atoms with E-state index in [-0.39, 0.29) is 11.3 Å². The number of hydrogen-bond acceptors (Lipinski definition) is 7. The molecule has 0 amide bonds. The Morgan fingerprint density at radius 3 is 2.36 bits per heavy atom. The highest BCUT2D eigenvalue weighted by molar-refractivity contribution is 6.26. The summed E-state index contributed by atoms with van der Waals surface area (Å²) in [5.41, 5.74) is 1.63. The van der Waals surface area contributed by atoms with Crippen LogP contribution in [0.2, 0.25) is 0 Å². The number of methoxy groups -OCH3 is 3. The van der Waals surface area contributed by atoms with E-state index in [1.165, 1.54) is 21.3 Å². The van der Waals surface area contributed by atoms with Gasteiger partial charge in [-0.05, 0) is 24.6 Å². The fourth-order valence-electron chi connectivity index (χ4n) is 4.35. The van der Waals surface area contributed by atoms with Crippen molar-refractivity contribution in [1.29, 1.82) is 0 Å². The molecular formula is C24H22N4O5. The second-order valence-corrected chi connectivity index (χ2v) is 7.69. The molecule has 1 aliphatic rings. The maximum absolute atomic E-state index is 13.7. The van der Waals surface area contributed by atoms with Crippen LogP contribution in [-0.2, 0) is 13.1 Å². The highest BCUT2D eigenvalue weighted by atomic mass is 16.5. The first kappa shape index (κ1) is 20.7. The third-order valence-corrected chi connectivity index (χ3v) is 5.93. The van der Waals surface area contributed by atoms with Crippen LogP contribution in [0.3, 0.4) is 0 Å². The standard InChI is InChI=1S/C24H22N4O5/c1-31-14-9-17-21(26-12-14)22-20(23(17)29)15-10-18(32-2)19(33-3)11-16(15)24(30)28(22)7-4-6-27-8-5-25-13-27/h5,8-13H,4,6-7H2,1-3H3. The van der Waals surface area contributed by atoms with E-state index in [0.717, 1.165) is 0 Å². The van der Waals surface area contributed by atoms with Gasteiger partial charge in [-0.3, -0.25) is 14.6 Å². The highest BCUT2D eigenvalue weighted by Gasteiger charge is 2.35. The van der Waals surface area contributed by atoms with E-state index in [9.17, 15) is 9.59 Å². The average Bonchev–Trinajstić information content (AvgIpc) is 3.46. The number of nitrogens with zero attached hydrogens (tertiary/aromatic N) is 4. The van der Waals surface area contributed by atoms with Gasteiger partial charge in [0.1, 0.15) is 5.75 Å². The van der Waals surface area contributed by atoms with Gasteiger partial charge in [0.2, 0.25) is 0 Å². The van der Waals surface area contributed by atoms with Crippen LogP contribution in [0.1, 0.15) is 22.3 Å². The Labute approximate surface area is 189 Å². The molecule has 3 heterocycles. The van der Waals surface area contributed by atoms with Crippen LogP contribution in [0.4, 0.5) is 0 Å². The lowest BCUT2D eigenvalue weighted by molar-refractivity contribution is 0.104. The molecule has 5 rings (SSSR count). The number of aromatic nitrogens is 4. The van der Waals surface area contributed by atoms with Crippen LogP contribution >= 0.6 is 0 Å². The number of imidazole rings is 1. The van der Waals surface area contributed by atoms with Crippen molar-refractivity contribution >= 4 is 16.6 Å². The van der Waals surface area contributed by atoms with Crippen molar-refractivity contribution in [3.05, 3.63) is 64.6 Å². The molecule has 0 atom stereocenters. The molecule has 33 heavy (non-hydrogen) atoms. The van der Waals surface area contributed by atoms with Crippen molar-refractivity contribution in [2.24, 2.45) is 0 Å². The summed E-state index contributed by atoms with van der Waals surface area (Å²) in [4.78, 5) is 35.8. The number of carbonyl (C=O) groups excluding carboxylic acids is 1. The lowest BCUT2D eigenvalue weighted by Gasteiger charge is -2.16. The van der Waals surface area contributed by atoms with E-state index in [1.54, 1.807) is 41.5 Å². The number of ketones is 1. The second-order valence-electron chi connectivity index (χ2n) is 7.69. The molecule has 0 aliphatic heterocycles. The number of ether oxygens (including phenoxy) is 3. The number of benzene rings is 1. The minimum absolute atomic E-state index is 0.202. The van der Waals surface area contributed by atoms with Gasteiger partial charge in [-0.2, -0.15) is 0 Å². The van der Waals surface area contributed by atoms with Gasteiger partial charge in [-0.1, -0.05) is 0 Å². The number of rotatable bonds is 7. The maximum atomic E-state index is 13.7. The molecule has 0 fully saturated rings. The number of hydrogen-bond donors (Lipinski definition) is 0. The fourth-order valence-corrected chi connectivity index (χ4v) is 4.35. The van der Waals surface area contributed by atoms with Gasteiger partial charge in [0.05, 0.1) is 61.8 Å². The molecule has 4 aromatic rings. The summed E-state index contributed by atoms with van der Waals surface area (Å²) in [6.07, 6.45) is 7.54. The van der Waals surface area contributed by atoms with Crippen LogP contribution < -0.4 is 19.8 Å². The van der Waals surface area contributed by atoms with E-state index < -0.39 is 0 Å². The van der Waals surface area contributed by atoms with Gasteiger partial charge in [0.25, 0.3) is 5.56 Å². The van der Waals surface area contributed by atoms with Crippen LogP contribution in [0.5, 0.6) is 17.2 Å². The molecule has 3 aromatic heterocycles. The Morgan fingerprint density at radius 2 is 1.70 bits per heavy atom. The summed E-state index contributed by atoms with van der Waals surface area (Å²) in [5, 5.41) is 0.905. The minimum atomic E-state index is -0.214. The molecule has 168 valence electrons. The van der Waals surface area contributed by atoms with Gasteiger partial charge in [0, 0.05) is 30.9 Å². The first-order valence-electron chi connectivity index (χ1n) is 10.4. The molecule has 0 bridgehead atoms. The SMILES string of the molecule is COc1cnc2c(c1)C(=O)c1c-2n(CCCn2ccnc2)c(=O)c2cc(OC)c(OC)cc12. The zero-order valence-corrected chi connectivity index (χ0v) is 18.5. The fraction of sp³-hybridized carbons (Fsp3) is 0.250. The molecular weight excluding hydrogens is 424 g/mol. The number of fused-ring (bicyclic) bond motifs is 5. The Morgan fingerprint density at radius 1 is 0.939 bits per heavy atom. The van der Waals surface area contributed by atoms with Gasteiger partial charge in [0.15, 0.2) is 17.3 Å². The second kappa shape index (κ2) is 8.09. The Hall–Kier alpha value is -4.14. The summed E-state index contributed by atoms with van der Waals surface area (Å²) in [5.74, 6) is 1.15. The molecule has 0 unspecified atom stereocenters.